The first-order chi connectivity index (χ1) is 26.4. The Labute approximate surface area is 345 Å². The first-order valence-electron chi connectivity index (χ1n) is 16.4. The summed E-state index contributed by atoms with van der Waals surface area (Å²) in [6, 6.07) is 17.6. The number of aryl methyl sites for hydroxylation is 2. The van der Waals surface area contributed by atoms with Gasteiger partial charge in [-0.2, -0.15) is 19.9 Å². The molecular formula is C39H46Cl2N4O10S2. The van der Waals surface area contributed by atoms with E-state index in [9.17, 15) is 18.0 Å². The van der Waals surface area contributed by atoms with Gasteiger partial charge in [-0.3, -0.25) is 0 Å². The minimum absolute atomic E-state index is 0. The fraction of sp³-hybridized carbons (Fsp3) is 0.333. The van der Waals surface area contributed by atoms with Crippen LogP contribution in [0.4, 0.5) is 0 Å². The second-order valence-corrected chi connectivity index (χ2v) is 14.7. The second-order valence-electron chi connectivity index (χ2n) is 11.2. The molecule has 4 heterocycles. The molecule has 0 aliphatic rings. The van der Waals surface area contributed by atoms with Crippen molar-refractivity contribution in [1.29, 1.82) is 0 Å². The SMILES string of the molecule is C.C.CCc1cc(=O)oc2nc(S(C)(=O)=O)nc(OCc3ccc(OC)cc3)c12.CCc1cc(=O)oc2nc(SC)nc(OCc3ccc(OC)cc3)c12.ClCCl. The summed E-state index contributed by atoms with van der Waals surface area (Å²) < 4.78 is 56.1. The smallest absolute Gasteiger partial charge is 0.337 e. The second kappa shape index (κ2) is 22.7. The van der Waals surface area contributed by atoms with Gasteiger partial charge in [0.1, 0.15) is 35.5 Å². The van der Waals surface area contributed by atoms with Crippen molar-refractivity contribution in [2.75, 3.05) is 32.1 Å². The van der Waals surface area contributed by atoms with Gasteiger partial charge in [0.25, 0.3) is 5.16 Å². The van der Waals surface area contributed by atoms with Gasteiger partial charge >= 0.3 is 11.3 Å². The molecule has 0 amide bonds. The lowest BCUT2D eigenvalue weighted by Crippen LogP contribution is -2.10. The highest BCUT2D eigenvalue weighted by molar-refractivity contribution is 7.98. The van der Waals surface area contributed by atoms with E-state index in [0.717, 1.165) is 28.7 Å². The van der Waals surface area contributed by atoms with Crippen LogP contribution in [0, 0.1) is 0 Å². The number of hydrogen-bond acceptors (Lipinski definition) is 15. The summed E-state index contributed by atoms with van der Waals surface area (Å²) in [5.74, 6) is 1.97. The number of ether oxygens (including phenoxy) is 4. The van der Waals surface area contributed by atoms with Crippen molar-refractivity contribution in [2.45, 2.75) is 65.1 Å². The lowest BCUT2D eigenvalue weighted by atomic mass is 10.1. The number of halogens is 2. The molecule has 6 aromatic rings. The highest BCUT2D eigenvalue weighted by Crippen LogP contribution is 2.30. The molecule has 2 aromatic carbocycles. The van der Waals surface area contributed by atoms with Crippen LogP contribution >= 0.6 is 35.0 Å². The fourth-order valence-corrected chi connectivity index (χ4v) is 5.80. The zero-order chi connectivity index (χ0) is 40.1. The minimum atomic E-state index is -3.72. The van der Waals surface area contributed by atoms with Gasteiger partial charge in [0.15, 0.2) is 5.16 Å². The summed E-state index contributed by atoms with van der Waals surface area (Å²) in [7, 11) is -0.520. The monoisotopic (exact) mass is 864 g/mol. The Bertz CT molecular complexity index is 2450. The number of methoxy groups -OCH3 is 2. The zero-order valence-electron chi connectivity index (χ0n) is 30.8. The van der Waals surface area contributed by atoms with Crippen molar-refractivity contribution in [2.24, 2.45) is 0 Å². The van der Waals surface area contributed by atoms with Gasteiger partial charge < -0.3 is 27.8 Å². The van der Waals surface area contributed by atoms with Crippen molar-refractivity contribution in [3.63, 3.8) is 0 Å². The molecule has 14 nitrogen and oxygen atoms in total. The van der Waals surface area contributed by atoms with E-state index in [4.69, 9.17) is 51.0 Å². The van der Waals surface area contributed by atoms with Crippen LogP contribution in [0.5, 0.6) is 23.3 Å². The molecule has 0 radical (unpaired) electrons. The Morgan fingerprint density at radius 3 is 1.46 bits per heavy atom. The third-order valence-corrected chi connectivity index (χ3v) is 9.00. The van der Waals surface area contributed by atoms with E-state index >= 15 is 0 Å². The van der Waals surface area contributed by atoms with Crippen LogP contribution in [-0.2, 0) is 35.9 Å². The number of alkyl halides is 2. The standard InChI is InChI=1S/C18H18N2O6S.C18H18N2O4S.CH2Cl2.2CH4/c1-4-12-9-14(21)26-17-15(12)16(19-18(20-17)27(3,22)23)25-10-11-5-7-13(24-2)8-6-11;1-4-12-9-14(21)24-17-15(12)16(19-18(20-17)25-3)23-10-11-5-7-13(22-2)8-6-11;2-1-3;;/h5-9H,4,10H2,1-3H3;5-9H,4,10H2,1-3H3;1H2;2*1H4. The van der Waals surface area contributed by atoms with E-state index in [1.54, 1.807) is 26.4 Å². The number of fused-ring (bicyclic) bond motifs is 2. The van der Waals surface area contributed by atoms with Crippen molar-refractivity contribution in [1.82, 2.24) is 19.9 Å². The Morgan fingerprint density at radius 1 is 0.684 bits per heavy atom. The van der Waals surface area contributed by atoms with Crippen molar-refractivity contribution in [3.05, 3.63) is 104 Å². The maximum absolute atomic E-state index is 11.9. The normalized spacial score (nSPS) is 10.5. The highest BCUT2D eigenvalue weighted by atomic mass is 35.5. The first kappa shape index (κ1) is 48.2. The lowest BCUT2D eigenvalue weighted by molar-refractivity contribution is 0.293. The van der Waals surface area contributed by atoms with E-state index in [2.05, 4.69) is 19.9 Å². The summed E-state index contributed by atoms with van der Waals surface area (Å²) >= 11 is 10.9. The maximum atomic E-state index is 11.9. The first-order valence-corrected chi connectivity index (χ1v) is 20.6. The van der Waals surface area contributed by atoms with Crippen LogP contribution in [0.25, 0.3) is 22.2 Å². The number of thioether (sulfide) groups is 1. The van der Waals surface area contributed by atoms with Gasteiger partial charge in [0, 0.05) is 18.4 Å². The molecule has 6 rings (SSSR count). The van der Waals surface area contributed by atoms with E-state index in [1.165, 1.54) is 23.9 Å². The molecule has 0 saturated carbocycles. The van der Waals surface area contributed by atoms with Crippen LogP contribution in [-0.4, -0.2) is 60.4 Å². The van der Waals surface area contributed by atoms with Gasteiger partial charge in [0.05, 0.1) is 19.6 Å². The van der Waals surface area contributed by atoms with Gasteiger partial charge in [-0.05, 0) is 65.6 Å². The molecular weight excluding hydrogens is 819 g/mol. The molecule has 18 heteroatoms. The average molecular weight is 866 g/mol. The number of rotatable bonds is 12. The Morgan fingerprint density at radius 2 is 1.09 bits per heavy atom. The predicted octanol–water partition coefficient (Wildman–Crippen LogP) is 8.29. The number of hydrogen-bond donors (Lipinski definition) is 0. The summed E-state index contributed by atoms with van der Waals surface area (Å²) in [5, 5.41) is 1.26. The topological polar surface area (TPSA) is 183 Å². The summed E-state index contributed by atoms with van der Waals surface area (Å²) in [5.41, 5.74) is 2.35. The number of sulfone groups is 1. The van der Waals surface area contributed by atoms with Crippen LogP contribution in [0.15, 0.2) is 89.4 Å². The number of aromatic nitrogens is 4. The molecule has 0 aliphatic carbocycles. The molecule has 4 aromatic heterocycles. The van der Waals surface area contributed by atoms with E-state index in [0.29, 0.717) is 52.6 Å². The third kappa shape index (κ3) is 13.1. The summed E-state index contributed by atoms with van der Waals surface area (Å²) in [4.78, 5) is 40.2. The van der Waals surface area contributed by atoms with Gasteiger partial charge in [-0.25, -0.2) is 18.0 Å². The molecule has 0 fully saturated rings. The van der Waals surface area contributed by atoms with Gasteiger partial charge in [-0.15, -0.1) is 23.2 Å². The van der Waals surface area contributed by atoms with Crippen LogP contribution < -0.4 is 30.2 Å². The Kier molecular flexibility index (Phi) is 19.3. The number of nitrogens with zero attached hydrogens (tertiary/aromatic N) is 4. The molecule has 0 saturated heterocycles. The van der Waals surface area contributed by atoms with Crippen molar-refractivity contribution < 1.29 is 36.2 Å². The quantitative estimate of drug-likeness (QED) is 0.0650. The zero-order valence-corrected chi connectivity index (χ0v) is 33.9. The van der Waals surface area contributed by atoms with E-state index in [1.807, 2.05) is 56.5 Å². The molecule has 0 aliphatic heterocycles. The van der Waals surface area contributed by atoms with E-state index in [-0.39, 0.29) is 44.1 Å². The van der Waals surface area contributed by atoms with E-state index < -0.39 is 26.2 Å². The molecule has 0 atom stereocenters. The summed E-state index contributed by atoms with van der Waals surface area (Å²) in [6.07, 6.45) is 3.99. The largest absolute Gasteiger partial charge is 0.497 e. The van der Waals surface area contributed by atoms with Crippen LogP contribution in [0.2, 0.25) is 0 Å². The van der Waals surface area contributed by atoms with Crippen LogP contribution in [0.1, 0.15) is 51.0 Å². The minimum Gasteiger partial charge on any atom is -0.497 e. The highest BCUT2D eigenvalue weighted by Gasteiger charge is 2.21. The molecule has 0 unspecified atom stereocenters. The molecule has 57 heavy (non-hydrogen) atoms. The van der Waals surface area contributed by atoms with Crippen LogP contribution in [0.3, 0.4) is 0 Å². The molecule has 308 valence electrons. The predicted molar refractivity (Wildman–Crippen MR) is 224 cm³/mol. The third-order valence-electron chi connectivity index (χ3n) is 7.61. The number of benzene rings is 2. The lowest BCUT2D eigenvalue weighted by Gasteiger charge is -2.11. The summed E-state index contributed by atoms with van der Waals surface area (Å²) in [6.45, 7) is 4.30. The molecule has 0 spiro atoms. The maximum Gasteiger partial charge on any atom is 0.337 e. The van der Waals surface area contributed by atoms with Crippen molar-refractivity contribution in [3.8, 4) is 23.3 Å². The molecule has 0 N–H and O–H groups in total. The average Bonchev–Trinajstić information content (AvgIpc) is 3.18. The van der Waals surface area contributed by atoms with Gasteiger partial charge in [-0.1, -0.05) is 64.7 Å². The Hall–Kier alpha value is -4.90. The van der Waals surface area contributed by atoms with Crippen molar-refractivity contribution >= 4 is 67.0 Å². The fourth-order valence-electron chi connectivity index (χ4n) is 4.95. The molecule has 0 bridgehead atoms. The van der Waals surface area contributed by atoms with Gasteiger partial charge in [0.2, 0.25) is 33.0 Å². The Balaban J connectivity index is 0.000000357.